The zero-order valence-corrected chi connectivity index (χ0v) is 11.3. The van der Waals surface area contributed by atoms with E-state index in [1.54, 1.807) is 0 Å². The minimum Gasteiger partial charge on any atom is -0.342 e. The fourth-order valence-electron chi connectivity index (χ4n) is 1.27. The molecule has 0 saturated heterocycles. The van der Waals surface area contributed by atoms with Gasteiger partial charge in [-0.2, -0.15) is 0 Å². The summed E-state index contributed by atoms with van der Waals surface area (Å²) in [6.45, 7) is 11.6. The predicted octanol–water partition coefficient (Wildman–Crippen LogP) is 4.24. The minimum absolute atomic E-state index is 0.639. The van der Waals surface area contributed by atoms with E-state index in [9.17, 15) is 0 Å². The zero-order chi connectivity index (χ0) is 12.4. The summed E-state index contributed by atoms with van der Waals surface area (Å²) < 4.78 is 10.8. The fourth-order valence-corrected chi connectivity index (χ4v) is 1.27. The second-order valence-corrected chi connectivity index (χ2v) is 4.00. The van der Waals surface area contributed by atoms with Gasteiger partial charge < -0.3 is 9.47 Å². The second kappa shape index (κ2) is 9.61. The summed E-state index contributed by atoms with van der Waals surface area (Å²) in [5.74, 6) is 0. The molecule has 0 aromatic carbocycles. The van der Waals surface area contributed by atoms with Gasteiger partial charge in [-0.15, -0.1) is 0 Å². The lowest BCUT2D eigenvalue weighted by molar-refractivity contribution is -0.0124. The Hall–Kier alpha value is -0.600. The van der Waals surface area contributed by atoms with Crippen molar-refractivity contribution < 1.29 is 9.47 Å². The summed E-state index contributed by atoms with van der Waals surface area (Å²) >= 11 is 0. The quantitative estimate of drug-likeness (QED) is 0.575. The number of rotatable bonds is 8. The maximum absolute atomic E-state index is 5.38. The molecule has 0 amide bonds. The monoisotopic (exact) mass is 225 g/mol. The first-order valence-corrected chi connectivity index (χ1v) is 6.03. The van der Waals surface area contributed by atoms with Gasteiger partial charge in [-0.3, -0.25) is 0 Å². The summed E-state index contributed by atoms with van der Waals surface area (Å²) in [4.78, 5) is 0. The van der Waals surface area contributed by atoms with Crippen molar-refractivity contribution in [2.24, 2.45) is 0 Å². The van der Waals surface area contributed by atoms with E-state index in [4.69, 9.17) is 9.47 Å². The Balaban J connectivity index is 4.08. The van der Waals surface area contributed by atoms with E-state index in [1.807, 2.05) is 19.9 Å². The molecule has 0 bridgehead atoms. The standard InChI is InChI=1S/C14H25O2/c1-6-15-14(16-7-2)11-13(5)10-8-9-12(3)4/h9,11H,6-8,10H2,1-5H3. The molecular formula is C14H25O2. The average molecular weight is 225 g/mol. The molecule has 1 radical (unpaired) electrons. The lowest BCUT2D eigenvalue weighted by Crippen LogP contribution is -2.05. The Kier molecular flexibility index (Phi) is 9.25. The molecule has 0 aromatic rings. The molecule has 0 N–H and O–H groups in total. The van der Waals surface area contributed by atoms with Crippen LogP contribution in [0.25, 0.3) is 0 Å². The maximum Gasteiger partial charge on any atom is 0.248 e. The SMILES string of the molecule is CCO[C](C=C(C)CCC=C(C)C)OCC. The smallest absolute Gasteiger partial charge is 0.248 e. The van der Waals surface area contributed by atoms with E-state index >= 15 is 0 Å². The molecule has 0 saturated carbocycles. The Morgan fingerprint density at radius 3 is 2.00 bits per heavy atom. The summed E-state index contributed by atoms with van der Waals surface area (Å²) in [5, 5.41) is 0. The van der Waals surface area contributed by atoms with Crippen LogP contribution in [-0.4, -0.2) is 13.2 Å². The largest absolute Gasteiger partial charge is 0.342 e. The molecule has 0 aromatic heterocycles. The average Bonchev–Trinajstić information content (AvgIpc) is 2.17. The zero-order valence-electron chi connectivity index (χ0n) is 11.3. The lowest BCUT2D eigenvalue weighted by Gasteiger charge is -2.11. The second-order valence-electron chi connectivity index (χ2n) is 4.00. The van der Waals surface area contributed by atoms with Gasteiger partial charge >= 0.3 is 0 Å². The van der Waals surface area contributed by atoms with Crippen LogP contribution in [0.5, 0.6) is 0 Å². The van der Waals surface area contributed by atoms with E-state index in [1.165, 1.54) is 11.1 Å². The van der Waals surface area contributed by atoms with Crippen LogP contribution in [0.1, 0.15) is 47.5 Å². The highest BCUT2D eigenvalue weighted by molar-refractivity contribution is 5.08. The van der Waals surface area contributed by atoms with Gasteiger partial charge in [0.25, 0.3) is 0 Å². The molecule has 0 heterocycles. The summed E-state index contributed by atoms with van der Waals surface area (Å²) in [6, 6.07) is 0. The van der Waals surface area contributed by atoms with Gasteiger partial charge in [0.2, 0.25) is 6.29 Å². The van der Waals surface area contributed by atoms with E-state index in [0.29, 0.717) is 19.5 Å². The van der Waals surface area contributed by atoms with Crippen molar-refractivity contribution in [3.63, 3.8) is 0 Å². The number of hydrogen-bond acceptors (Lipinski definition) is 2. The first-order valence-electron chi connectivity index (χ1n) is 6.03. The van der Waals surface area contributed by atoms with Gasteiger partial charge in [0.15, 0.2) is 0 Å². The number of allylic oxidation sites excluding steroid dienone is 3. The van der Waals surface area contributed by atoms with E-state index in [2.05, 4.69) is 26.8 Å². The van der Waals surface area contributed by atoms with Crippen LogP contribution in [0.15, 0.2) is 23.3 Å². The highest BCUT2D eigenvalue weighted by Crippen LogP contribution is 2.14. The Morgan fingerprint density at radius 1 is 1.00 bits per heavy atom. The third-order valence-corrected chi connectivity index (χ3v) is 2.03. The van der Waals surface area contributed by atoms with Gasteiger partial charge in [0, 0.05) is 13.2 Å². The first-order chi connectivity index (χ1) is 7.60. The third-order valence-electron chi connectivity index (χ3n) is 2.03. The van der Waals surface area contributed by atoms with Crippen LogP contribution in [0.4, 0.5) is 0 Å². The Labute approximate surface area is 100 Å². The molecule has 0 atom stereocenters. The van der Waals surface area contributed by atoms with Gasteiger partial charge in [-0.05, 0) is 53.5 Å². The van der Waals surface area contributed by atoms with Crippen molar-refractivity contribution >= 4 is 0 Å². The van der Waals surface area contributed by atoms with Crippen LogP contribution < -0.4 is 0 Å². The molecule has 0 aliphatic carbocycles. The first kappa shape index (κ1) is 15.4. The normalized spacial score (nSPS) is 12.0. The minimum atomic E-state index is 0.639. The summed E-state index contributed by atoms with van der Waals surface area (Å²) in [6.07, 6.45) is 7.01. The molecule has 16 heavy (non-hydrogen) atoms. The van der Waals surface area contributed by atoms with E-state index in [-0.39, 0.29) is 0 Å². The van der Waals surface area contributed by atoms with E-state index in [0.717, 1.165) is 12.8 Å². The van der Waals surface area contributed by atoms with Crippen LogP contribution in [0.3, 0.4) is 0 Å². The van der Waals surface area contributed by atoms with Crippen molar-refractivity contribution in [1.82, 2.24) is 0 Å². The van der Waals surface area contributed by atoms with Gasteiger partial charge in [0.1, 0.15) is 0 Å². The summed E-state index contributed by atoms with van der Waals surface area (Å²) in [7, 11) is 0. The van der Waals surface area contributed by atoms with Gasteiger partial charge in [0.05, 0.1) is 0 Å². The van der Waals surface area contributed by atoms with Crippen molar-refractivity contribution in [2.45, 2.75) is 47.5 Å². The third kappa shape index (κ3) is 8.69. The molecule has 0 aliphatic rings. The fraction of sp³-hybridized carbons (Fsp3) is 0.643. The maximum atomic E-state index is 5.38. The molecule has 0 rings (SSSR count). The van der Waals surface area contributed by atoms with E-state index < -0.39 is 0 Å². The van der Waals surface area contributed by atoms with Crippen LogP contribution >= 0.6 is 0 Å². The van der Waals surface area contributed by atoms with Crippen molar-refractivity contribution in [3.05, 3.63) is 29.6 Å². The molecule has 2 nitrogen and oxygen atoms in total. The highest BCUT2D eigenvalue weighted by Gasteiger charge is 2.06. The van der Waals surface area contributed by atoms with Crippen molar-refractivity contribution in [1.29, 1.82) is 0 Å². The summed E-state index contributed by atoms with van der Waals surface area (Å²) in [5.41, 5.74) is 2.65. The Morgan fingerprint density at radius 2 is 1.56 bits per heavy atom. The predicted molar refractivity (Wildman–Crippen MR) is 68.9 cm³/mol. The molecule has 2 heteroatoms. The molecular weight excluding hydrogens is 200 g/mol. The molecule has 0 fully saturated rings. The lowest BCUT2D eigenvalue weighted by atomic mass is 10.1. The van der Waals surface area contributed by atoms with Gasteiger partial charge in [-0.25, -0.2) is 0 Å². The highest BCUT2D eigenvalue weighted by atomic mass is 16.7. The van der Waals surface area contributed by atoms with Crippen LogP contribution in [-0.2, 0) is 9.47 Å². The van der Waals surface area contributed by atoms with Crippen LogP contribution in [0, 0.1) is 6.29 Å². The molecule has 0 aliphatic heterocycles. The Bertz CT molecular complexity index is 219. The van der Waals surface area contributed by atoms with Gasteiger partial charge in [-0.1, -0.05) is 17.2 Å². The molecule has 93 valence electrons. The molecule has 0 spiro atoms. The number of ether oxygens (including phenoxy) is 2. The number of hydrogen-bond donors (Lipinski definition) is 0. The molecule has 0 unspecified atom stereocenters. The van der Waals surface area contributed by atoms with Crippen molar-refractivity contribution in [2.75, 3.05) is 13.2 Å². The topological polar surface area (TPSA) is 18.5 Å². The van der Waals surface area contributed by atoms with Crippen molar-refractivity contribution in [3.8, 4) is 0 Å². The van der Waals surface area contributed by atoms with Crippen LogP contribution in [0.2, 0.25) is 0 Å².